The maximum Gasteiger partial charge on any atom is 0.0620 e. The van der Waals surface area contributed by atoms with Gasteiger partial charge in [0.15, 0.2) is 0 Å². The maximum absolute atomic E-state index is 5.52. The van der Waals surface area contributed by atoms with E-state index in [1.165, 1.54) is 0 Å². The van der Waals surface area contributed by atoms with E-state index >= 15 is 0 Å². The smallest absolute Gasteiger partial charge is 0.0620 e. The van der Waals surface area contributed by atoms with Gasteiger partial charge in [-0.2, -0.15) is 0 Å². The highest BCUT2D eigenvalue weighted by atomic mass is 35.5. The van der Waals surface area contributed by atoms with Crippen LogP contribution in [0.4, 0.5) is 0 Å². The second-order valence-electron chi connectivity index (χ2n) is 2.56. The molecule has 1 N–H and O–H groups in total. The third-order valence-electron chi connectivity index (χ3n) is 1.67. The first kappa shape index (κ1) is 8.31. The van der Waals surface area contributed by atoms with E-state index in [9.17, 15) is 0 Å². The van der Waals surface area contributed by atoms with Gasteiger partial charge in [0.2, 0.25) is 0 Å². The van der Waals surface area contributed by atoms with Crippen LogP contribution in [0, 0.1) is 0 Å². The lowest BCUT2D eigenvalue weighted by molar-refractivity contribution is 0.190. The lowest BCUT2D eigenvalue weighted by Crippen LogP contribution is -2.30. The molecule has 0 bridgehead atoms. The fraction of sp³-hybridized carbons (Fsp3) is 1.00. The molecule has 0 aromatic heterocycles. The van der Waals surface area contributed by atoms with E-state index < -0.39 is 0 Å². The van der Waals surface area contributed by atoms with Gasteiger partial charge in [0.05, 0.1) is 6.61 Å². The molecule has 1 rings (SSSR count). The van der Waals surface area contributed by atoms with Crippen LogP contribution in [0.1, 0.15) is 12.8 Å². The van der Waals surface area contributed by atoms with Crippen molar-refractivity contribution in [1.82, 2.24) is 5.32 Å². The second-order valence-corrected chi connectivity index (χ2v) is 2.94. The summed E-state index contributed by atoms with van der Waals surface area (Å²) in [7, 11) is 0. The predicted octanol–water partition coefficient (Wildman–Crippen LogP) is 0.994. The van der Waals surface area contributed by atoms with Gasteiger partial charge >= 0.3 is 0 Å². The van der Waals surface area contributed by atoms with Crippen LogP contribution in [0.25, 0.3) is 0 Å². The fourth-order valence-electron chi connectivity index (χ4n) is 1.07. The quantitative estimate of drug-likeness (QED) is 0.493. The zero-order chi connectivity index (χ0) is 7.23. The minimum absolute atomic E-state index is 0.586. The highest BCUT2D eigenvalue weighted by molar-refractivity contribution is 6.17. The zero-order valence-corrected chi connectivity index (χ0v) is 6.86. The van der Waals surface area contributed by atoms with Crippen molar-refractivity contribution in [1.29, 1.82) is 0 Å². The van der Waals surface area contributed by atoms with E-state index in [-0.39, 0.29) is 0 Å². The molecule has 1 unspecified atom stereocenters. The van der Waals surface area contributed by atoms with E-state index in [1.54, 1.807) is 0 Å². The molecule has 0 aromatic carbocycles. The van der Waals surface area contributed by atoms with Gasteiger partial charge in [-0.25, -0.2) is 0 Å². The zero-order valence-electron chi connectivity index (χ0n) is 6.11. The minimum Gasteiger partial charge on any atom is -0.380 e. The van der Waals surface area contributed by atoms with Gasteiger partial charge in [-0.3, -0.25) is 0 Å². The van der Waals surface area contributed by atoms with E-state index in [0.717, 1.165) is 38.5 Å². The predicted molar refractivity (Wildman–Crippen MR) is 42.6 cm³/mol. The Labute approximate surface area is 66.9 Å². The van der Waals surface area contributed by atoms with Gasteiger partial charge in [-0.1, -0.05) is 0 Å². The van der Waals surface area contributed by atoms with Crippen molar-refractivity contribution in [3.05, 3.63) is 0 Å². The summed E-state index contributed by atoms with van der Waals surface area (Å²) in [6.07, 6.45) is 2.21. The van der Waals surface area contributed by atoms with E-state index in [1.807, 2.05) is 0 Å². The van der Waals surface area contributed by atoms with Crippen LogP contribution >= 0.6 is 11.6 Å². The van der Waals surface area contributed by atoms with Crippen LogP contribution < -0.4 is 5.32 Å². The molecule has 60 valence electrons. The van der Waals surface area contributed by atoms with Gasteiger partial charge in [0.1, 0.15) is 0 Å². The molecular formula is C7H14ClNO. The van der Waals surface area contributed by atoms with Gasteiger partial charge < -0.3 is 10.1 Å². The average molecular weight is 164 g/mol. The van der Waals surface area contributed by atoms with Crippen LogP contribution in [0.3, 0.4) is 0 Å². The number of halogens is 1. The van der Waals surface area contributed by atoms with Crippen LogP contribution in [-0.2, 0) is 4.74 Å². The van der Waals surface area contributed by atoms with Crippen LogP contribution in [0.5, 0.6) is 0 Å². The third-order valence-corrected chi connectivity index (χ3v) is 1.94. The lowest BCUT2D eigenvalue weighted by atomic mass is 10.2. The summed E-state index contributed by atoms with van der Waals surface area (Å²) in [5, 5.41) is 3.37. The Bertz CT molecular complexity index is 83.7. The first-order chi connectivity index (χ1) is 4.93. The Kier molecular flexibility index (Phi) is 4.10. The first-order valence-corrected chi connectivity index (χ1v) is 4.34. The molecule has 0 spiro atoms. The standard InChI is InChI=1S/C7H14ClNO/c8-3-1-4-9-7-2-5-10-6-7/h7,9H,1-6H2. The van der Waals surface area contributed by atoms with Gasteiger partial charge in [0, 0.05) is 18.5 Å². The molecule has 1 atom stereocenters. The number of hydrogen-bond donors (Lipinski definition) is 1. The monoisotopic (exact) mass is 163 g/mol. The van der Waals surface area contributed by atoms with Gasteiger partial charge in [0.25, 0.3) is 0 Å². The molecule has 2 nitrogen and oxygen atoms in total. The summed E-state index contributed by atoms with van der Waals surface area (Å²) in [6.45, 7) is 2.82. The van der Waals surface area contributed by atoms with Crippen LogP contribution in [0.15, 0.2) is 0 Å². The molecule has 1 aliphatic rings. The summed E-state index contributed by atoms with van der Waals surface area (Å²) in [4.78, 5) is 0. The summed E-state index contributed by atoms with van der Waals surface area (Å²) in [5.41, 5.74) is 0. The highest BCUT2D eigenvalue weighted by Crippen LogP contribution is 2.02. The summed E-state index contributed by atoms with van der Waals surface area (Å²) < 4.78 is 5.19. The van der Waals surface area contributed by atoms with Crippen molar-refractivity contribution in [2.24, 2.45) is 0 Å². The molecule has 1 saturated heterocycles. The summed E-state index contributed by atoms with van der Waals surface area (Å²) in [6, 6.07) is 0.586. The lowest BCUT2D eigenvalue weighted by Gasteiger charge is -2.08. The van der Waals surface area contributed by atoms with Crippen LogP contribution in [0.2, 0.25) is 0 Å². The molecule has 1 heterocycles. The largest absolute Gasteiger partial charge is 0.380 e. The number of ether oxygens (including phenoxy) is 1. The van der Waals surface area contributed by atoms with Crippen molar-refractivity contribution < 1.29 is 4.74 Å². The minimum atomic E-state index is 0.586. The molecule has 0 radical (unpaired) electrons. The topological polar surface area (TPSA) is 21.3 Å². The molecule has 3 heteroatoms. The molecule has 1 fully saturated rings. The average Bonchev–Trinajstić information content (AvgIpc) is 2.41. The molecule has 0 aromatic rings. The van der Waals surface area contributed by atoms with E-state index in [4.69, 9.17) is 16.3 Å². The Morgan fingerprint density at radius 2 is 2.50 bits per heavy atom. The van der Waals surface area contributed by atoms with Crippen LogP contribution in [-0.4, -0.2) is 31.7 Å². The maximum atomic E-state index is 5.52. The number of nitrogens with one attached hydrogen (secondary N) is 1. The Balaban J connectivity index is 1.91. The highest BCUT2D eigenvalue weighted by Gasteiger charge is 2.13. The Morgan fingerprint density at radius 3 is 3.10 bits per heavy atom. The summed E-state index contributed by atoms with van der Waals surface area (Å²) in [5.74, 6) is 0.751. The molecule has 0 aliphatic carbocycles. The number of alkyl halides is 1. The molecule has 0 amide bonds. The number of hydrogen-bond acceptors (Lipinski definition) is 2. The van der Waals surface area contributed by atoms with E-state index in [0.29, 0.717) is 6.04 Å². The first-order valence-electron chi connectivity index (χ1n) is 3.80. The Hall–Kier alpha value is 0.210. The SMILES string of the molecule is ClCCCNC1CCOC1. The molecule has 10 heavy (non-hydrogen) atoms. The number of rotatable bonds is 4. The summed E-state index contributed by atoms with van der Waals surface area (Å²) >= 11 is 5.52. The fourth-order valence-corrected chi connectivity index (χ4v) is 1.20. The third kappa shape index (κ3) is 2.86. The van der Waals surface area contributed by atoms with Gasteiger partial charge in [-0.15, -0.1) is 11.6 Å². The van der Waals surface area contributed by atoms with Crippen molar-refractivity contribution in [2.75, 3.05) is 25.6 Å². The normalized spacial score (nSPS) is 25.5. The van der Waals surface area contributed by atoms with Crippen molar-refractivity contribution >= 4 is 11.6 Å². The second kappa shape index (κ2) is 4.94. The molecule has 0 saturated carbocycles. The molecule has 1 aliphatic heterocycles. The molecular weight excluding hydrogens is 150 g/mol. The van der Waals surface area contributed by atoms with Crippen molar-refractivity contribution in [3.8, 4) is 0 Å². The van der Waals surface area contributed by atoms with Gasteiger partial charge in [-0.05, 0) is 19.4 Å². The van der Waals surface area contributed by atoms with Crippen molar-refractivity contribution in [3.63, 3.8) is 0 Å². The Morgan fingerprint density at radius 1 is 1.60 bits per heavy atom. The van der Waals surface area contributed by atoms with Crippen molar-refractivity contribution in [2.45, 2.75) is 18.9 Å². The van der Waals surface area contributed by atoms with E-state index in [2.05, 4.69) is 5.32 Å².